The molecule has 1 aromatic heterocycles. The summed E-state index contributed by atoms with van der Waals surface area (Å²) in [4.78, 5) is 24.8. The Labute approximate surface area is 223 Å². The molecular weight excluding hydrogens is 472 g/mol. The first kappa shape index (κ1) is 25.5. The summed E-state index contributed by atoms with van der Waals surface area (Å²) >= 11 is 0. The molecular formula is C33H34N2O3. The third-order valence-electron chi connectivity index (χ3n) is 8.13. The zero-order valence-corrected chi connectivity index (χ0v) is 22.5. The van der Waals surface area contributed by atoms with Gasteiger partial charge in [-0.25, -0.2) is 0 Å². The second kappa shape index (κ2) is 9.64. The Bertz CT molecular complexity index is 1570. The number of amides is 1. The van der Waals surface area contributed by atoms with Crippen LogP contribution in [0, 0.1) is 13.8 Å². The molecule has 1 aliphatic rings. The number of allylic oxidation sites excluding steroid dienone is 1. The first-order chi connectivity index (χ1) is 18.1. The van der Waals surface area contributed by atoms with Gasteiger partial charge in [-0.05, 0) is 92.6 Å². The number of hydrogen-bond donors (Lipinski definition) is 2. The molecule has 1 amide bonds. The summed E-state index contributed by atoms with van der Waals surface area (Å²) < 4.78 is 2.26. The van der Waals surface area contributed by atoms with Crippen molar-refractivity contribution in [2.75, 3.05) is 0 Å². The first-order valence-electron chi connectivity index (χ1n) is 13.1. The molecule has 1 atom stereocenters. The summed E-state index contributed by atoms with van der Waals surface area (Å²) in [6, 6.07) is 21.8. The van der Waals surface area contributed by atoms with E-state index in [4.69, 9.17) is 0 Å². The number of aryl methyl sites for hydroxylation is 1. The van der Waals surface area contributed by atoms with E-state index >= 15 is 0 Å². The highest BCUT2D eigenvalue weighted by molar-refractivity contribution is 5.99. The monoisotopic (exact) mass is 506 g/mol. The topological polar surface area (TPSA) is 71.3 Å². The van der Waals surface area contributed by atoms with Crippen molar-refractivity contribution in [2.24, 2.45) is 0 Å². The highest BCUT2D eigenvalue weighted by Crippen LogP contribution is 2.48. The minimum absolute atomic E-state index is 0.104. The van der Waals surface area contributed by atoms with Gasteiger partial charge in [0.15, 0.2) is 0 Å². The summed E-state index contributed by atoms with van der Waals surface area (Å²) in [6.07, 6.45) is 1.41. The lowest BCUT2D eigenvalue weighted by molar-refractivity contribution is -0.140. The molecule has 0 bridgehead atoms. The molecule has 5 nitrogen and oxygen atoms in total. The molecule has 0 spiro atoms. The summed E-state index contributed by atoms with van der Waals surface area (Å²) in [5, 5.41) is 13.8. The fourth-order valence-electron chi connectivity index (χ4n) is 5.29. The van der Waals surface area contributed by atoms with Crippen LogP contribution in [0.5, 0.6) is 0 Å². The number of fused-ring (bicyclic) bond motifs is 1. The summed E-state index contributed by atoms with van der Waals surface area (Å²) in [5.41, 5.74) is 8.42. The maximum atomic E-state index is 13.2. The van der Waals surface area contributed by atoms with E-state index in [0.29, 0.717) is 24.9 Å². The smallest absolute Gasteiger partial charge is 0.314 e. The second-order valence-corrected chi connectivity index (χ2v) is 10.7. The fourth-order valence-corrected chi connectivity index (χ4v) is 5.29. The molecule has 5 heteroatoms. The Balaban J connectivity index is 1.36. The number of rotatable bonds is 8. The maximum absolute atomic E-state index is 13.2. The Morgan fingerprint density at radius 2 is 1.74 bits per heavy atom. The van der Waals surface area contributed by atoms with Crippen molar-refractivity contribution in [3.8, 4) is 0 Å². The molecule has 0 aliphatic heterocycles. The van der Waals surface area contributed by atoms with Crippen LogP contribution in [0.2, 0.25) is 0 Å². The quantitative estimate of drug-likeness (QED) is 0.272. The molecule has 1 fully saturated rings. The van der Waals surface area contributed by atoms with Crippen molar-refractivity contribution in [3.05, 3.63) is 112 Å². The van der Waals surface area contributed by atoms with Gasteiger partial charge in [0.05, 0.1) is 11.5 Å². The number of hydrogen-bond acceptors (Lipinski definition) is 2. The molecule has 3 aromatic carbocycles. The number of carbonyl (C=O) groups is 2. The van der Waals surface area contributed by atoms with Gasteiger partial charge in [-0.3, -0.25) is 9.59 Å². The summed E-state index contributed by atoms with van der Waals surface area (Å²) in [6.45, 7) is 12.9. The van der Waals surface area contributed by atoms with E-state index in [9.17, 15) is 14.7 Å². The van der Waals surface area contributed by atoms with Gasteiger partial charge in [-0.1, -0.05) is 54.6 Å². The van der Waals surface area contributed by atoms with Crippen molar-refractivity contribution in [2.45, 2.75) is 58.5 Å². The molecule has 1 saturated carbocycles. The van der Waals surface area contributed by atoms with Crippen molar-refractivity contribution in [1.82, 2.24) is 9.88 Å². The van der Waals surface area contributed by atoms with Crippen LogP contribution in [0.15, 0.2) is 73.3 Å². The maximum Gasteiger partial charge on any atom is 0.314 e. The molecule has 4 aromatic rings. The van der Waals surface area contributed by atoms with Crippen LogP contribution in [-0.2, 0) is 16.8 Å². The first-order valence-corrected chi connectivity index (χ1v) is 13.1. The van der Waals surface area contributed by atoms with E-state index in [0.717, 1.165) is 50.0 Å². The van der Waals surface area contributed by atoms with E-state index < -0.39 is 11.4 Å². The molecule has 0 radical (unpaired) electrons. The summed E-state index contributed by atoms with van der Waals surface area (Å²) in [7, 11) is 0. The lowest BCUT2D eigenvalue weighted by Gasteiger charge is -2.16. The van der Waals surface area contributed by atoms with Crippen molar-refractivity contribution >= 4 is 28.4 Å². The van der Waals surface area contributed by atoms with E-state index in [-0.39, 0.29) is 11.9 Å². The van der Waals surface area contributed by atoms with Gasteiger partial charge in [0.1, 0.15) is 0 Å². The second-order valence-electron chi connectivity index (χ2n) is 10.7. The van der Waals surface area contributed by atoms with Crippen LogP contribution in [0.25, 0.3) is 16.5 Å². The third kappa shape index (κ3) is 4.53. The molecule has 0 saturated heterocycles. The van der Waals surface area contributed by atoms with Crippen molar-refractivity contribution in [1.29, 1.82) is 0 Å². The lowest BCUT2D eigenvalue weighted by Crippen LogP contribution is -2.26. The number of carboxylic acid groups (broad SMARTS) is 1. The van der Waals surface area contributed by atoms with Gasteiger partial charge in [-0.15, -0.1) is 0 Å². The van der Waals surface area contributed by atoms with Crippen LogP contribution in [0.1, 0.15) is 76.6 Å². The Kier molecular flexibility index (Phi) is 6.47. The molecule has 194 valence electrons. The van der Waals surface area contributed by atoms with Gasteiger partial charge >= 0.3 is 5.97 Å². The molecule has 5 rings (SSSR count). The highest BCUT2D eigenvalue weighted by Gasteiger charge is 2.51. The van der Waals surface area contributed by atoms with Gasteiger partial charge < -0.3 is 15.0 Å². The van der Waals surface area contributed by atoms with Gasteiger partial charge in [0, 0.05) is 28.7 Å². The van der Waals surface area contributed by atoms with Gasteiger partial charge in [0.2, 0.25) is 0 Å². The average Bonchev–Trinajstić information content (AvgIpc) is 3.70. The number of aliphatic carboxylic acids is 1. The van der Waals surface area contributed by atoms with Gasteiger partial charge in [-0.2, -0.15) is 0 Å². The van der Waals surface area contributed by atoms with E-state index in [1.54, 1.807) is 0 Å². The Morgan fingerprint density at radius 1 is 1.03 bits per heavy atom. The number of benzene rings is 3. The minimum atomic E-state index is -0.734. The molecule has 38 heavy (non-hydrogen) atoms. The van der Waals surface area contributed by atoms with Crippen LogP contribution in [-0.4, -0.2) is 21.6 Å². The predicted octanol–water partition coefficient (Wildman–Crippen LogP) is 6.95. The van der Waals surface area contributed by atoms with Crippen molar-refractivity contribution in [3.63, 3.8) is 0 Å². The Morgan fingerprint density at radius 3 is 2.37 bits per heavy atom. The number of aromatic nitrogens is 1. The van der Waals surface area contributed by atoms with Crippen molar-refractivity contribution < 1.29 is 14.7 Å². The van der Waals surface area contributed by atoms with Crippen LogP contribution in [0.4, 0.5) is 0 Å². The van der Waals surface area contributed by atoms with E-state index in [2.05, 4.69) is 36.4 Å². The highest BCUT2D eigenvalue weighted by atomic mass is 16.4. The molecule has 2 N–H and O–H groups in total. The number of carboxylic acids is 1. The largest absolute Gasteiger partial charge is 0.481 e. The van der Waals surface area contributed by atoms with Crippen LogP contribution in [0.3, 0.4) is 0 Å². The zero-order valence-electron chi connectivity index (χ0n) is 22.5. The minimum Gasteiger partial charge on any atom is -0.481 e. The predicted molar refractivity (Wildman–Crippen MR) is 153 cm³/mol. The lowest BCUT2D eigenvalue weighted by atomic mass is 9.95. The fraction of sp³-hybridized carbons (Fsp3) is 0.273. The summed E-state index contributed by atoms with van der Waals surface area (Å²) in [5.74, 6) is -0.837. The Hall–Kier alpha value is -4.12. The zero-order chi connectivity index (χ0) is 27.2. The third-order valence-corrected chi connectivity index (χ3v) is 8.13. The normalized spacial score (nSPS) is 14.7. The van der Waals surface area contributed by atoms with E-state index in [1.807, 2.05) is 74.5 Å². The molecule has 0 unspecified atom stereocenters. The standard InChI is InChI=1S/C33H34N2O3/c1-20(2)25-7-6-8-26(17-25)22(4)34-31(36)27-11-14-30-29(18-27)21(3)23(5)35(30)19-24-9-12-28(13-10-24)33(15-16-33)32(37)38/h6-14,17-18,22H,1,15-16,19H2,2-5H3,(H,34,36)(H,37,38)/t22-/m0/s1. The number of nitrogens with zero attached hydrogens (tertiary/aromatic N) is 1. The SMILES string of the molecule is C=C(C)c1cccc([C@H](C)NC(=O)c2ccc3c(c2)c(C)c(C)n3Cc2ccc(C3(C(=O)O)CC3)cc2)c1. The number of nitrogens with one attached hydrogen (secondary N) is 1. The molecule has 1 heterocycles. The van der Waals surface area contributed by atoms with Crippen LogP contribution >= 0.6 is 0 Å². The van der Waals surface area contributed by atoms with Gasteiger partial charge in [0.25, 0.3) is 5.91 Å². The average molecular weight is 507 g/mol. The number of carbonyl (C=O) groups excluding carboxylic acids is 1. The molecule has 1 aliphatic carbocycles. The van der Waals surface area contributed by atoms with E-state index in [1.165, 1.54) is 0 Å². The van der Waals surface area contributed by atoms with Crippen LogP contribution < -0.4 is 5.32 Å².